The lowest BCUT2D eigenvalue weighted by molar-refractivity contribution is 0.0949. The molecule has 0 aliphatic heterocycles. The molecule has 1 N–H and O–H groups in total. The maximum absolute atomic E-state index is 13.8. The van der Waals surface area contributed by atoms with Crippen molar-refractivity contribution >= 4 is 27.1 Å². The van der Waals surface area contributed by atoms with Crippen LogP contribution in [-0.2, 0) is 9.84 Å². The van der Waals surface area contributed by atoms with Crippen molar-refractivity contribution < 1.29 is 17.6 Å². The Hall–Kier alpha value is -2.58. The minimum absolute atomic E-state index is 0.133. The molecule has 0 aliphatic rings. The highest BCUT2D eigenvalue weighted by Gasteiger charge is 2.31. The van der Waals surface area contributed by atoms with Crippen LogP contribution in [0.25, 0.3) is 0 Å². The summed E-state index contributed by atoms with van der Waals surface area (Å²) in [5.74, 6) is -1.33. The van der Waals surface area contributed by atoms with Crippen molar-refractivity contribution in [3.05, 3.63) is 83.2 Å². The standard InChI is InChI=1S/C18H15FN2O3S2/c19-15-7-2-1-6-14(15)18(22)21-12-16(13-5-3-9-20-11-13)26(23,24)17-8-4-10-25-17/h1-11,16H,12H2,(H,21,22)/t16-/m1/s1. The molecule has 8 heteroatoms. The average molecular weight is 390 g/mol. The summed E-state index contributed by atoms with van der Waals surface area (Å²) < 4.78 is 39.9. The molecule has 5 nitrogen and oxygen atoms in total. The first-order valence-electron chi connectivity index (χ1n) is 7.70. The number of amides is 1. The van der Waals surface area contributed by atoms with Crippen molar-refractivity contribution in [2.45, 2.75) is 9.46 Å². The van der Waals surface area contributed by atoms with E-state index in [4.69, 9.17) is 0 Å². The SMILES string of the molecule is O=C(NC[C@H](c1cccnc1)S(=O)(=O)c1cccs1)c1ccccc1F. The van der Waals surface area contributed by atoms with Crippen LogP contribution in [0.15, 0.2) is 70.5 Å². The number of sulfone groups is 1. The van der Waals surface area contributed by atoms with Gasteiger partial charge in [0, 0.05) is 18.9 Å². The number of hydrogen-bond acceptors (Lipinski definition) is 5. The number of aromatic nitrogens is 1. The molecule has 1 amide bonds. The zero-order valence-electron chi connectivity index (χ0n) is 13.5. The molecule has 0 saturated heterocycles. The van der Waals surface area contributed by atoms with E-state index in [1.165, 1.54) is 36.7 Å². The van der Waals surface area contributed by atoms with E-state index in [1.54, 1.807) is 29.6 Å². The van der Waals surface area contributed by atoms with E-state index < -0.39 is 26.8 Å². The Bertz CT molecular complexity index is 990. The number of carbonyl (C=O) groups excluding carboxylic acids is 1. The highest BCUT2D eigenvalue weighted by atomic mass is 32.2. The van der Waals surface area contributed by atoms with Crippen LogP contribution in [-0.4, -0.2) is 25.9 Å². The lowest BCUT2D eigenvalue weighted by Crippen LogP contribution is -2.32. The molecule has 2 heterocycles. The number of carbonyl (C=O) groups is 1. The van der Waals surface area contributed by atoms with Crippen LogP contribution in [0.2, 0.25) is 0 Å². The number of pyridine rings is 1. The normalized spacial score (nSPS) is 12.5. The second-order valence-electron chi connectivity index (χ2n) is 5.44. The van der Waals surface area contributed by atoms with Crippen LogP contribution < -0.4 is 5.32 Å². The molecule has 3 aromatic rings. The highest BCUT2D eigenvalue weighted by molar-refractivity contribution is 7.93. The largest absolute Gasteiger partial charge is 0.350 e. The van der Waals surface area contributed by atoms with Gasteiger partial charge in [0.05, 0.1) is 5.56 Å². The molecule has 1 atom stereocenters. The predicted molar refractivity (Wildman–Crippen MR) is 97.2 cm³/mol. The molecular weight excluding hydrogens is 375 g/mol. The summed E-state index contributed by atoms with van der Waals surface area (Å²) in [6.45, 7) is -0.195. The Balaban J connectivity index is 1.88. The summed E-state index contributed by atoms with van der Waals surface area (Å²) in [5.41, 5.74) is 0.320. The van der Waals surface area contributed by atoms with Crippen LogP contribution in [0, 0.1) is 5.82 Å². The van der Waals surface area contributed by atoms with Crippen LogP contribution >= 0.6 is 11.3 Å². The van der Waals surface area contributed by atoms with E-state index >= 15 is 0 Å². The molecule has 0 spiro atoms. The first-order valence-corrected chi connectivity index (χ1v) is 10.1. The van der Waals surface area contributed by atoms with Crippen molar-refractivity contribution in [1.29, 1.82) is 0 Å². The molecule has 3 rings (SSSR count). The van der Waals surface area contributed by atoms with Gasteiger partial charge >= 0.3 is 0 Å². The molecule has 0 unspecified atom stereocenters. The molecule has 0 bridgehead atoms. The Morgan fingerprint density at radius 1 is 1.15 bits per heavy atom. The average Bonchev–Trinajstić information content (AvgIpc) is 3.18. The van der Waals surface area contributed by atoms with E-state index in [2.05, 4.69) is 10.3 Å². The minimum atomic E-state index is -3.73. The van der Waals surface area contributed by atoms with E-state index in [0.717, 1.165) is 11.3 Å². The number of hydrogen-bond donors (Lipinski definition) is 1. The number of nitrogens with one attached hydrogen (secondary N) is 1. The lowest BCUT2D eigenvalue weighted by Gasteiger charge is -2.18. The maximum atomic E-state index is 13.8. The van der Waals surface area contributed by atoms with Gasteiger partial charge in [-0.15, -0.1) is 11.3 Å². The monoisotopic (exact) mass is 390 g/mol. The Kier molecular flexibility index (Phi) is 5.43. The summed E-state index contributed by atoms with van der Waals surface area (Å²) in [4.78, 5) is 16.2. The zero-order chi connectivity index (χ0) is 18.6. The molecule has 0 aliphatic carbocycles. The minimum Gasteiger partial charge on any atom is -0.350 e. The maximum Gasteiger partial charge on any atom is 0.254 e. The van der Waals surface area contributed by atoms with Gasteiger partial charge in [0.1, 0.15) is 15.3 Å². The van der Waals surface area contributed by atoms with Crippen LogP contribution in [0.1, 0.15) is 21.2 Å². The molecule has 1 aromatic carbocycles. The van der Waals surface area contributed by atoms with Crippen molar-refractivity contribution in [2.75, 3.05) is 6.54 Å². The van der Waals surface area contributed by atoms with Crippen molar-refractivity contribution in [1.82, 2.24) is 10.3 Å². The molecule has 0 fully saturated rings. The third-order valence-corrected chi connectivity index (χ3v) is 7.30. The van der Waals surface area contributed by atoms with Crippen LogP contribution in [0.5, 0.6) is 0 Å². The number of halogens is 1. The van der Waals surface area contributed by atoms with Gasteiger partial charge in [0.15, 0.2) is 9.84 Å². The molecular formula is C18H15FN2O3S2. The van der Waals surface area contributed by atoms with Crippen molar-refractivity contribution in [3.63, 3.8) is 0 Å². The summed E-state index contributed by atoms with van der Waals surface area (Å²) >= 11 is 1.10. The van der Waals surface area contributed by atoms with E-state index in [0.29, 0.717) is 5.56 Å². The summed E-state index contributed by atoms with van der Waals surface area (Å²) in [7, 11) is -3.73. The second-order valence-corrected chi connectivity index (χ2v) is 8.75. The van der Waals surface area contributed by atoms with Gasteiger partial charge in [-0.2, -0.15) is 0 Å². The molecule has 134 valence electrons. The van der Waals surface area contributed by atoms with Gasteiger partial charge in [0.2, 0.25) is 0 Å². The number of nitrogens with zero attached hydrogens (tertiary/aromatic N) is 1. The van der Waals surface area contributed by atoms with Crippen molar-refractivity contribution in [3.8, 4) is 0 Å². The third-order valence-electron chi connectivity index (χ3n) is 3.77. The second kappa shape index (κ2) is 7.76. The van der Waals surface area contributed by atoms with Gasteiger partial charge in [-0.05, 0) is 35.2 Å². The molecule has 0 saturated carbocycles. The molecule has 26 heavy (non-hydrogen) atoms. The summed E-state index contributed by atoms with van der Waals surface area (Å²) in [6.07, 6.45) is 2.99. The number of rotatable bonds is 6. The highest BCUT2D eigenvalue weighted by Crippen LogP contribution is 2.30. The van der Waals surface area contributed by atoms with Gasteiger partial charge in [-0.25, -0.2) is 12.8 Å². The first-order chi connectivity index (χ1) is 12.5. The molecule has 0 radical (unpaired) electrons. The van der Waals surface area contributed by atoms with Gasteiger partial charge in [-0.3, -0.25) is 9.78 Å². The Morgan fingerprint density at radius 2 is 1.96 bits per heavy atom. The Morgan fingerprint density at radius 3 is 2.62 bits per heavy atom. The first kappa shape index (κ1) is 18.2. The van der Waals surface area contributed by atoms with Gasteiger partial charge < -0.3 is 5.32 Å². The van der Waals surface area contributed by atoms with E-state index in [9.17, 15) is 17.6 Å². The lowest BCUT2D eigenvalue weighted by atomic mass is 10.2. The van der Waals surface area contributed by atoms with E-state index in [-0.39, 0.29) is 16.3 Å². The van der Waals surface area contributed by atoms with Crippen LogP contribution in [0.3, 0.4) is 0 Å². The van der Waals surface area contributed by atoms with Gasteiger partial charge in [-0.1, -0.05) is 24.3 Å². The smallest absolute Gasteiger partial charge is 0.254 e. The predicted octanol–water partition coefficient (Wildman–Crippen LogP) is 3.23. The van der Waals surface area contributed by atoms with Crippen molar-refractivity contribution in [2.24, 2.45) is 0 Å². The third kappa shape index (κ3) is 3.81. The Labute approximate surface area is 154 Å². The fourth-order valence-corrected chi connectivity index (χ4v) is 5.31. The topological polar surface area (TPSA) is 76.1 Å². The summed E-state index contributed by atoms with van der Waals surface area (Å²) in [6, 6.07) is 12.0. The summed E-state index contributed by atoms with van der Waals surface area (Å²) in [5, 5.41) is 3.17. The van der Waals surface area contributed by atoms with Gasteiger partial charge in [0.25, 0.3) is 5.91 Å². The molecule has 2 aromatic heterocycles. The fourth-order valence-electron chi connectivity index (χ4n) is 2.46. The number of benzene rings is 1. The number of thiophene rings is 1. The van der Waals surface area contributed by atoms with E-state index in [1.807, 2.05) is 0 Å². The fraction of sp³-hybridized carbons (Fsp3) is 0.111. The van der Waals surface area contributed by atoms with Crippen LogP contribution in [0.4, 0.5) is 4.39 Å². The quantitative estimate of drug-likeness (QED) is 0.701. The zero-order valence-corrected chi connectivity index (χ0v) is 15.1.